The summed E-state index contributed by atoms with van der Waals surface area (Å²) in [4.78, 5) is 13.0. The lowest BCUT2D eigenvalue weighted by Gasteiger charge is -2.09. The highest BCUT2D eigenvalue weighted by molar-refractivity contribution is 5.36. The average Bonchev–Trinajstić information content (AvgIpc) is 2.74. The van der Waals surface area contributed by atoms with Gasteiger partial charge >= 0.3 is 0 Å². The second kappa shape index (κ2) is 5.77. The molecule has 0 atom stereocenters. The fraction of sp³-hybridized carbons (Fsp3) is 0.538. The van der Waals surface area contributed by atoms with Crippen LogP contribution in [0.1, 0.15) is 43.0 Å². The molecule has 0 aliphatic heterocycles. The zero-order valence-corrected chi connectivity index (χ0v) is 11.8. The number of aryl methyl sites for hydroxylation is 2. The molecule has 6 heteroatoms. The summed E-state index contributed by atoms with van der Waals surface area (Å²) in [5.41, 5.74) is 0.967. The van der Waals surface area contributed by atoms with E-state index in [2.05, 4.69) is 39.3 Å². The summed E-state index contributed by atoms with van der Waals surface area (Å²) in [6, 6.07) is 1.94. The van der Waals surface area contributed by atoms with Gasteiger partial charge in [0.1, 0.15) is 11.6 Å². The van der Waals surface area contributed by atoms with Gasteiger partial charge in [-0.15, -0.1) is 0 Å². The smallest absolute Gasteiger partial charge is 0.228 e. The summed E-state index contributed by atoms with van der Waals surface area (Å²) >= 11 is 0. The van der Waals surface area contributed by atoms with Crippen LogP contribution in [0.5, 0.6) is 0 Å². The van der Waals surface area contributed by atoms with Gasteiger partial charge in [-0.1, -0.05) is 19.0 Å². The molecular weight excluding hydrogens is 242 g/mol. The summed E-state index contributed by atoms with van der Waals surface area (Å²) in [6.07, 6.45) is 0.681. The molecule has 0 saturated carbocycles. The van der Waals surface area contributed by atoms with E-state index in [0.717, 1.165) is 17.3 Å². The van der Waals surface area contributed by atoms with Gasteiger partial charge in [0.15, 0.2) is 5.82 Å². The summed E-state index contributed by atoms with van der Waals surface area (Å²) in [6.45, 7) is 8.65. The lowest BCUT2D eigenvalue weighted by atomic mass is 10.2. The van der Waals surface area contributed by atoms with Crippen molar-refractivity contribution in [2.24, 2.45) is 0 Å². The van der Waals surface area contributed by atoms with Gasteiger partial charge in [0.05, 0.1) is 0 Å². The average molecular weight is 261 g/mol. The quantitative estimate of drug-likeness (QED) is 0.889. The van der Waals surface area contributed by atoms with E-state index < -0.39 is 0 Å². The van der Waals surface area contributed by atoms with Gasteiger partial charge in [-0.25, -0.2) is 9.97 Å². The van der Waals surface area contributed by atoms with Crippen LogP contribution in [0.25, 0.3) is 0 Å². The standard InChI is InChI=1S/C13H19N5O/c1-8(2)13-15-9(3)7-11(17-13)14-6-5-12-16-10(4)18-19-12/h7-8H,5-6H2,1-4H3,(H,14,15,17). The van der Waals surface area contributed by atoms with Crippen LogP contribution in [0.4, 0.5) is 5.82 Å². The Morgan fingerprint density at radius 3 is 2.63 bits per heavy atom. The fourth-order valence-corrected chi connectivity index (χ4v) is 1.68. The normalized spacial score (nSPS) is 11.0. The minimum absolute atomic E-state index is 0.319. The van der Waals surface area contributed by atoms with Crippen molar-refractivity contribution in [3.8, 4) is 0 Å². The molecule has 2 aromatic heterocycles. The molecule has 2 rings (SSSR count). The zero-order chi connectivity index (χ0) is 13.8. The van der Waals surface area contributed by atoms with Gasteiger partial charge in [0, 0.05) is 30.6 Å². The molecule has 2 heterocycles. The van der Waals surface area contributed by atoms with Crippen molar-refractivity contribution in [2.75, 3.05) is 11.9 Å². The van der Waals surface area contributed by atoms with Crippen molar-refractivity contribution in [1.29, 1.82) is 0 Å². The molecule has 0 aliphatic rings. The van der Waals surface area contributed by atoms with E-state index in [1.54, 1.807) is 0 Å². The number of nitrogens with zero attached hydrogens (tertiary/aromatic N) is 4. The molecule has 102 valence electrons. The Hall–Kier alpha value is -1.98. The molecule has 0 saturated heterocycles. The van der Waals surface area contributed by atoms with E-state index in [1.165, 1.54) is 0 Å². The number of rotatable bonds is 5. The van der Waals surface area contributed by atoms with E-state index in [9.17, 15) is 0 Å². The van der Waals surface area contributed by atoms with Gasteiger partial charge in [-0.3, -0.25) is 0 Å². The summed E-state index contributed by atoms with van der Waals surface area (Å²) < 4.78 is 5.05. The largest absolute Gasteiger partial charge is 0.369 e. The number of hydrogen-bond donors (Lipinski definition) is 1. The Morgan fingerprint density at radius 2 is 2.00 bits per heavy atom. The summed E-state index contributed by atoms with van der Waals surface area (Å²) in [7, 11) is 0. The fourth-order valence-electron chi connectivity index (χ4n) is 1.68. The lowest BCUT2D eigenvalue weighted by Crippen LogP contribution is -2.09. The van der Waals surface area contributed by atoms with Crippen LogP contribution in [0.2, 0.25) is 0 Å². The molecule has 0 unspecified atom stereocenters. The predicted molar refractivity (Wildman–Crippen MR) is 72.1 cm³/mol. The zero-order valence-electron chi connectivity index (χ0n) is 11.8. The van der Waals surface area contributed by atoms with Crippen LogP contribution in [-0.4, -0.2) is 26.7 Å². The molecule has 0 aromatic carbocycles. The van der Waals surface area contributed by atoms with E-state index in [1.807, 2.05) is 19.9 Å². The van der Waals surface area contributed by atoms with Crippen LogP contribution >= 0.6 is 0 Å². The molecule has 0 spiro atoms. The van der Waals surface area contributed by atoms with Crippen LogP contribution in [0.3, 0.4) is 0 Å². The van der Waals surface area contributed by atoms with Crippen molar-refractivity contribution < 1.29 is 4.52 Å². The monoisotopic (exact) mass is 261 g/mol. The Kier molecular flexibility index (Phi) is 4.09. The van der Waals surface area contributed by atoms with E-state index in [-0.39, 0.29) is 0 Å². The Labute approximate surface area is 112 Å². The number of anilines is 1. The maximum absolute atomic E-state index is 5.05. The van der Waals surface area contributed by atoms with Crippen molar-refractivity contribution in [3.05, 3.63) is 29.3 Å². The number of aromatic nitrogens is 4. The minimum atomic E-state index is 0.319. The van der Waals surface area contributed by atoms with Crippen molar-refractivity contribution in [3.63, 3.8) is 0 Å². The third kappa shape index (κ3) is 3.74. The van der Waals surface area contributed by atoms with E-state index >= 15 is 0 Å². The molecule has 1 N–H and O–H groups in total. The summed E-state index contributed by atoms with van der Waals surface area (Å²) in [5.74, 6) is 3.32. The van der Waals surface area contributed by atoms with Crippen molar-refractivity contribution in [2.45, 2.75) is 40.0 Å². The van der Waals surface area contributed by atoms with Crippen molar-refractivity contribution in [1.82, 2.24) is 20.1 Å². The highest BCUT2D eigenvalue weighted by Gasteiger charge is 2.07. The first-order chi connectivity index (χ1) is 9.04. The number of hydrogen-bond acceptors (Lipinski definition) is 6. The van der Waals surface area contributed by atoms with Gasteiger partial charge in [-0.05, 0) is 13.8 Å². The second-order valence-corrected chi connectivity index (χ2v) is 4.82. The van der Waals surface area contributed by atoms with Crippen LogP contribution in [-0.2, 0) is 6.42 Å². The van der Waals surface area contributed by atoms with E-state index in [0.29, 0.717) is 30.6 Å². The summed E-state index contributed by atoms with van der Waals surface area (Å²) in [5, 5.41) is 7.01. The van der Waals surface area contributed by atoms with Crippen LogP contribution in [0.15, 0.2) is 10.6 Å². The lowest BCUT2D eigenvalue weighted by molar-refractivity contribution is 0.377. The first-order valence-corrected chi connectivity index (χ1v) is 6.43. The topological polar surface area (TPSA) is 76.7 Å². The Bertz CT molecular complexity index is 550. The molecule has 0 aliphatic carbocycles. The maximum atomic E-state index is 5.05. The predicted octanol–water partition coefficient (Wildman–Crippen LogP) is 2.25. The Balaban J connectivity index is 1.95. The van der Waals surface area contributed by atoms with Crippen LogP contribution < -0.4 is 5.32 Å². The molecule has 0 fully saturated rings. The SMILES string of the molecule is Cc1cc(NCCc2nc(C)no2)nc(C(C)C)n1. The van der Waals surface area contributed by atoms with Crippen LogP contribution in [0, 0.1) is 13.8 Å². The van der Waals surface area contributed by atoms with Gasteiger partial charge in [0.2, 0.25) is 5.89 Å². The molecule has 6 nitrogen and oxygen atoms in total. The highest BCUT2D eigenvalue weighted by atomic mass is 16.5. The van der Waals surface area contributed by atoms with E-state index in [4.69, 9.17) is 4.52 Å². The third-order valence-corrected chi connectivity index (χ3v) is 2.60. The molecule has 19 heavy (non-hydrogen) atoms. The van der Waals surface area contributed by atoms with Gasteiger partial charge < -0.3 is 9.84 Å². The third-order valence-electron chi connectivity index (χ3n) is 2.60. The van der Waals surface area contributed by atoms with Gasteiger partial charge in [0.25, 0.3) is 0 Å². The maximum Gasteiger partial charge on any atom is 0.228 e. The molecular formula is C13H19N5O. The minimum Gasteiger partial charge on any atom is -0.369 e. The van der Waals surface area contributed by atoms with Crippen molar-refractivity contribution >= 4 is 5.82 Å². The molecule has 0 radical (unpaired) electrons. The molecule has 0 amide bonds. The Morgan fingerprint density at radius 1 is 1.21 bits per heavy atom. The first-order valence-electron chi connectivity index (χ1n) is 6.43. The molecule has 0 bridgehead atoms. The van der Waals surface area contributed by atoms with Gasteiger partial charge in [-0.2, -0.15) is 4.98 Å². The first kappa shape index (κ1) is 13.5. The number of nitrogens with one attached hydrogen (secondary N) is 1. The second-order valence-electron chi connectivity index (χ2n) is 4.82. The molecule has 2 aromatic rings. The highest BCUT2D eigenvalue weighted by Crippen LogP contribution is 2.13.